The van der Waals surface area contributed by atoms with Crippen LogP contribution in [0.5, 0.6) is 0 Å². The number of carbonyl (C=O) groups is 3. The SMILES string of the molecule is C.C=C[C@]1(C)C[C@@H](O)[C@]2(C)[C@H](C)CC[C@]3(CCC(=O)[C@H]32)[C@@H](C)[C@@H]1O.C=C[C@]1(C)C[C@@H](OC(=O)CO)[C@]2(C)[C@H](C)CC[C@]3(CCC(=O)[C@H]32)[C@@H](C)[C@@H]1O.PPP(P(P)P)P(P(P)P)P(P(P(P)P)P(P)P)P(P(P(P)P)P(P)P)P(P(P)P)P(P)P.[Na+].[OH-]. The van der Waals surface area contributed by atoms with Crippen molar-refractivity contribution >= 4 is 282 Å². The van der Waals surface area contributed by atoms with Crippen molar-refractivity contribution in [3.8, 4) is 0 Å². The van der Waals surface area contributed by atoms with E-state index in [4.69, 9.17) is 4.74 Å². The monoisotopic (exact) mass is 1810 g/mol. The first kappa shape index (κ1) is 97.3. The fourth-order valence-corrected chi connectivity index (χ4v) is 455. The molecule has 0 radical (unpaired) electrons. The Balaban J connectivity index is 0.000000642. The molecule has 6 aliphatic carbocycles. The Labute approximate surface area is 601 Å². The molecule has 21 unspecified atom stereocenters. The maximum absolute atomic E-state index is 13.1. The van der Waals surface area contributed by atoms with Crippen LogP contribution in [0.1, 0.15) is 127 Å². The molecule has 6 rings (SSSR count). The molecule has 0 heterocycles. The fourth-order valence-electron chi connectivity index (χ4n) is 14.9. The largest absolute Gasteiger partial charge is 1.00 e. The molecule has 4 bridgehead atoms. The quantitative estimate of drug-likeness (QED) is 0.0425. The molecule has 9 nitrogen and oxygen atoms in total. The van der Waals surface area contributed by atoms with Gasteiger partial charge in [-0.15, -0.1) is 165 Å². The zero-order chi connectivity index (χ0) is 63.8. The van der Waals surface area contributed by atoms with Crippen molar-refractivity contribution in [1.29, 1.82) is 0 Å². The summed E-state index contributed by atoms with van der Waals surface area (Å²) >= 11 is 0. The molecular formula is C43H106NaO9P33. The Morgan fingerprint density at radius 1 is 0.570 bits per heavy atom. The van der Waals surface area contributed by atoms with Gasteiger partial charge in [-0.25, -0.2) is 4.79 Å². The van der Waals surface area contributed by atoms with E-state index in [9.17, 15) is 34.8 Å². The summed E-state index contributed by atoms with van der Waals surface area (Å²) in [6, 6.07) is 0. The Kier molecular flexibility index (Phi) is 47.9. The molecule has 0 saturated heterocycles. The van der Waals surface area contributed by atoms with E-state index in [0.29, 0.717) is 37.4 Å². The van der Waals surface area contributed by atoms with Crippen LogP contribution in [0.2, 0.25) is 0 Å². The second kappa shape index (κ2) is 42.3. The van der Waals surface area contributed by atoms with Gasteiger partial charge in [0.25, 0.3) is 0 Å². The molecule has 6 aliphatic rings. The second-order valence-corrected chi connectivity index (χ2v) is 156. The Hall–Kier alpha value is 13.3. The number of rotatable bonds is 19. The molecule has 0 aliphatic heterocycles. The van der Waals surface area contributed by atoms with Gasteiger partial charge in [0.1, 0.15) is 24.3 Å². The molecule has 0 aromatic heterocycles. The van der Waals surface area contributed by atoms with Crippen molar-refractivity contribution in [1.82, 2.24) is 0 Å². The minimum atomic E-state index is -0.686. The van der Waals surface area contributed by atoms with Crippen LogP contribution in [0.3, 0.4) is 0 Å². The van der Waals surface area contributed by atoms with Crippen LogP contribution in [0.4, 0.5) is 0 Å². The predicted octanol–water partition coefficient (Wildman–Crippen LogP) is 22.7. The van der Waals surface area contributed by atoms with Gasteiger partial charge in [0.05, 0.1) is 18.3 Å². The van der Waals surface area contributed by atoms with Crippen molar-refractivity contribution in [3.05, 3.63) is 25.3 Å². The molecule has 5 N–H and O–H groups in total. The van der Waals surface area contributed by atoms with Crippen molar-refractivity contribution in [2.75, 3.05) is 6.61 Å². The molecule has 6 saturated carbocycles. The number of aliphatic hydroxyl groups is 4. The predicted molar refractivity (Wildman–Crippen MR) is 478 cm³/mol. The van der Waals surface area contributed by atoms with Gasteiger partial charge in [-0.1, -0.05) is 82.9 Å². The molecular weight excluding hydrogens is 1710 g/mol. The third-order valence-corrected chi connectivity index (χ3v) is 240. The number of hydrogen-bond acceptors (Lipinski definition) is 9. The van der Waals surface area contributed by atoms with E-state index in [-0.39, 0.29) is 193 Å². The van der Waals surface area contributed by atoms with Gasteiger partial charge in [-0.2, -0.15) is 0 Å². The van der Waals surface area contributed by atoms with E-state index < -0.39 is 58.7 Å². The average molecular weight is 1810 g/mol. The summed E-state index contributed by atoms with van der Waals surface area (Å²) in [5, 5.41) is 42.9. The van der Waals surface area contributed by atoms with Crippen molar-refractivity contribution in [2.45, 2.75) is 151 Å². The van der Waals surface area contributed by atoms with E-state index in [2.05, 4.69) is 206 Å². The molecule has 37 atom stereocenters. The van der Waals surface area contributed by atoms with Gasteiger partial charge in [-0.3, -0.25) is 9.59 Å². The molecule has 498 valence electrons. The third-order valence-electron chi connectivity index (χ3n) is 19.8. The summed E-state index contributed by atoms with van der Waals surface area (Å²) in [6.07, 6.45) is 8.70. The Morgan fingerprint density at radius 2 is 0.895 bits per heavy atom. The molecule has 0 spiro atoms. The molecule has 43 heteroatoms. The maximum Gasteiger partial charge on any atom is 1.00 e. The normalized spacial score (nSPS) is 37.3. The van der Waals surface area contributed by atoms with Crippen LogP contribution in [0, 0.1) is 68.0 Å². The molecule has 6 fully saturated rings. The zero-order valence-electron chi connectivity index (χ0n) is 50.5. The van der Waals surface area contributed by atoms with Gasteiger partial charge >= 0.3 is 35.5 Å². The Bertz CT molecular complexity index is 2180. The second-order valence-electron chi connectivity index (χ2n) is 23.9. The molecule has 86 heavy (non-hydrogen) atoms. The first-order chi connectivity index (χ1) is 38.2. The number of esters is 1. The molecule has 0 aromatic carbocycles. The van der Waals surface area contributed by atoms with Crippen LogP contribution in [-0.2, 0) is 19.1 Å². The van der Waals surface area contributed by atoms with E-state index in [1.54, 1.807) is 6.08 Å². The van der Waals surface area contributed by atoms with Gasteiger partial charge in [0.15, 0.2) is 0 Å². The van der Waals surface area contributed by atoms with Crippen LogP contribution in [0.25, 0.3) is 0 Å². The van der Waals surface area contributed by atoms with E-state index in [0.717, 1.165) is 46.5 Å². The van der Waals surface area contributed by atoms with Gasteiger partial charge in [0, 0.05) is 46.3 Å². The molecule has 0 aromatic rings. The zero-order valence-corrected chi connectivity index (χ0v) is 86.6. The minimum absolute atomic E-state index is 0. The first-order valence-electron chi connectivity index (χ1n) is 26.8. The Morgan fingerprint density at radius 3 is 1.21 bits per heavy atom. The first-order valence-corrected chi connectivity index (χ1v) is 86.4. The van der Waals surface area contributed by atoms with Gasteiger partial charge in [0.2, 0.25) is 0 Å². The fraction of sp³-hybridized carbons (Fsp3) is 0.837. The summed E-state index contributed by atoms with van der Waals surface area (Å²) in [5.41, 5.74) is -2.50. The number of ether oxygens (including phenoxy) is 1. The van der Waals surface area contributed by atoms with Gasteiger partial charge in [-0.05, 0) is 191 Å². The van der Waals surface area contributed by atoms with Crippen molar-refractivity contribution in [2.24, 2.45) is 68.0 Å². The van der Waals surface area contributed by atoms with E-state index in [1.165, 1.54) is 0 Å². The number of ketones is 2. The number of Topliss-reactive ketones (excluding diaryl/α,β-unsaturated/α-hetero) is 2. The summed E-state index contributed by atoms with van der Waals surface area (Å²) in [5.74, 6) is 0.0238. The third kappa shape index (κ3) is 21.4. The minimum Gasteiger partial charge on any atom is -0.870 e. The summed E-state index contributed by atoms with van der Waals surface area (Å²) in [7, 11) is 57.5. The standard InChI is InChI=1S/C22H34O5.C20H32O3.CH4.Na.H2O.H35P33/c1-6-20(4)11-16(27-17(25)12-23)21(5)13(2)7-9-22(14(3)19(20)26)10-8-15(24)18(21)22;1-6-18(4)11-15(22)19(5)12(2)7-9-20(13(3)17(18)23)10-8-14(21)16(19)20;;;;1-18-27(19(2)3)31(26(16)17)33(30(24(12)13)25(14)15)32(28(20(4)5)21(6)7)29(22(8)9)23(10)11/h6,13-14,16,18-19,23,26H,1,7-12H2,2-5H3;6,12-13,15-17,22-23H,1,7-11H2,2-5H3;1H4;;1H2;18H,1-17H2/q;;;+1;;/p-1/t13-,14+,16-,18+,19+,20-,21+,22+;12-,13+,15-,16+,17+,18-,19+,20+;;;;/m11..../s1. The summed E-state index contributed by atoms with van der Waals surface area (Å²) in [4.78, 5) is 38.0. The smallest absolute Gasteiger partial charge is 0.870 e. The van der Waals surface area contributed by atoms with Crippen LogP contribution in [-0.4, -0.2) is 74.5 Å². The van der Waals surface area contributed by atoms with Gasteiger partial charge < -0.3 is 30.6 Å². The van der Waals surface area contributed by atoms with Crippen LogP contribution >= 0.6 is 265 Å². The van der Waals surface area contributed by atoms with E-state index >= 15 is 0 Å². The van der Waals surface area contributed by atoms with Crippen LogP contribution < -0.4 is 29.6 Å². The summed E-state index contributed by atoms with van der Waals surface area (Å²) in [6.45, 7) is 23.6. The molecule has 0 amide bonds. The van der Waals surface area contributed by atoms with Crippen molar-refractivity contribution < 1.29 is 74.6 Å². The van der Waals surface area contributed by atoms with E-state index in [1.807, 2.05) is 19.9 Å². The maximum atomic E-state index is 13.1. The summed E-state index contributed by atoms with van der Waals surface area (Å²) < 4.78 is 5.77. The van der Waals surface area contributed by atoms with Crippen molar-refractivity contribution in [3.63, 3.8) is 0 Å². The number of aliphatic hydroxyl groups excluding tert-OH is 4. The number of hydrogen-bond donors (Lipinski definition) is 4. The topological polar surface area (TPSA) is 171 Å². The average Bonchev–Trinajstić information content (AvgIpc) is 1.36. The number of carbonyl (C=O) groups excluding carboxylic acids is 3. The van der Waals surface area contributed by atoms with Crippen LogP contribution in [0.15, 0.2) is 25.3 Å².